The Hall–Kier alpha value is -1.59. The van der Waals surface area contributed by atoms with Gasteiger partial charge in [-0.3, -0.25) is 0 Å². The standard InChI is InChI=1S/C16H22N2O2S/c1-4-13(17)7-12-8-14(19-3)5-6-15(12)20-9-16-18-11(2)10-21-16/h5-6,8,10,13H,4,7,9,17H2,1-3H3. The summed E-state index contributed by atoms with van der Waals surface area (Å²) in [6, 6.07) is 5.97. The summed E-state index contributed by atoms with van der Waals surface area (Å²) < 4.78 is 11.2. The molecule has 2 N–H and O–H groups in total. The maximum absolute atomic E-state index is 6.07. The smallest absolute Gasteiger partial charge is 0.140 e. The molecule has 5 heteroatoms. The van der Waals surface area contributed by atoms with Gasteiger partial charge in [0.05, 0.1) is 7.11 Å². The van der Waals surface area contributed by atoms with Crippen LogP contribution in [0.5, 0.6) is 11.5 Å². The van der Waals surface area contributed by atoms with Crippen LogP contribution in [0.2, 0.25) is 0 Å². The Morgan fingerprint density at radius 3 is 2.81 bits per heavy atom. The molecule has 1 aromatic heterocycles. The zero-order chi connectivity index (χ0) is 15.2. The molecule has 21 heavy (non-hydrogen) atoms. The summed E-state index contributed by atoms with van der Waals surface area (Å²) in [5.41, 5.74) is 8.18. The topological polar surface area (TPSA) is 57.4 Å². The van der Waals surface area contributed by atoms with Crippen LogP contribution < -0.4 is 15.2 Å². The fourth-order valence-electron chi connectivity index (χ4n) is 2.02. The highest BCUT2D eigenvalue weighted by Gasteiger charge is 2.10. The van der Waals surface area contributed by atoms with Crippen molar-refractivity contribution in [1.29, 1.82) is 0 Å². The molecule has 0 aliphatic heterocycles. The third kappa shape index (κ3) is 4.44. The number of aromatic nitrogens is 1. The lowest BCUT2D eigenvalue weighted by Crippen LogP contribution is -2.21. The molecule has 0 spiro atoms. The Balaban J connectivity index is 2.12. The second-order valence-corrected chi connectivity index (χ2v) is 5.96. The minimum atomic E-state index is 0.126. The number of nitrogens with zero attached hydrogens (tertiary/aromatic N) is 1. The van der Waals surface area contributed by atoms with Crippen molar-refractivity contribution in [3.8, 4) is 11.5 Å². The molecule has 2 rings (SSSR count). The van der Waals surface area contributed by atoms with Gasteiger partial charge in [-0.15, -0.1) is 11.3 Å². The van der Waals surface area contributed by atoms with Crippen molar-refractivity contribution >= 4 is 11.3 Å². The third-order valence-electron chi connectivity index (χ3n) is 3.29. The van der Waals surface area contributed by atoms with Crippen LogP contribution in [0.3, 0.4) is 0 Å². The number of rotatable bonds is 7. The molecule has 1 aromatic carbocycles. The van der Waals surface area contributed by atoms with E-state index in [-0.39, 0.29) is 6.04 Å². The van der Waals surface area contributed by atoms with Crippen molar-refractivity contribution in [2.75, 3.05) is 7.11 Å². The van der Waals surface area contributed by atoms with Crippen LogP contribution in [-0.2, 0) is 13.0 Å². The van der Waals surface area contributed by atoms with Crippen LogP contribution in [0.25, 0.3) is 0 Å². The van der Waals surface area contributed by atoms with Crippen molar-refractivity contribution in [2.45, 2.75) is 39.3 Å². The lowest BCUT2D eigenvalue weighted by Gasteiger charge is -2.15. The van der Waals surface area contributed by atoms with E-state index in [1.165, 1.54) is 0 Å². The number of ether oxygens (including phenoxy) is 2. The second kappa shape index (κ2) is 7.43. The van der Waals surface area contributed by atoms with Gasteiger partial charge >= 0.3 is 0 Å². The Kier molecular flexibility index (Phi) is 5.59. The lowest BCUT2D eigenvalue weighted by atomic mass is 10.0. The highest BCUT2D eigenvalue weighted by atomic mass is 32.1. The summed E-state index contributed by atoms with van der Waals surface area (Å²) >= 11 is 1.62. The Morgan fingerprint density at radius 1 is 1.38 bits per heavy atom. The highest BCUT2D eigenvalue weighted by molar-refractivity contribution is 7.09. The van der Waals surface area contributed by atoms with E-state index in [1.807, 2.05) is 30.5 Å². The van der Waals surface area contributed by atoms with Gasteiger partial charge in [0.25, 0.3) is 0 Å². The van der Waals surface area contributed by atoms with Gasteiger partial charge in [0.15, 0.2) is 0 Å². The van der Waals surface area contributed by atoms with E-state index in [0.717, 1.165) is 40.6 Å². The maximum Gasteiger partial charge on any atom is 0.140 e. The second-order valence-electron chi connectivity index (χ2n) is 5.02. The maximum atomic E-state index is 6.07. The molecule has 1 unspecified atom stereocenters. The van der Waals surface area contributed by atoms with Crippen LogP contribution in [-0.4, -0.2) is 18.1 Å². The van der Waals surface area contributed by atoms with Crippen molar-refractivity contribution in [2.24, 2.45) is 5.73 Å². The van der Waals surface area contributed by atoms with Crippen molar-refractivity contribution < 1.29 is 9.47 Å². The molecule has 0 radical (unpaired) electrons. The predicted molar refractivity (Wildman–Crippen MR) is 86.1 cm³/mol. The molecule has 1 atom stereocenters. The van der Waals surface area contributed by atoms with Crippen LogP contribution >= 0.6 is 11.3 Å². The quantitative estimate of drug-likeness (QED) is 0.852. The summed E-state index contributed by atoms with van der Waals surface area (Å²) in [5, 5.41) is 3.01. The lowest BCUT2D eigenvalue weighted by molar-refractivity contribution is 0.300. The van der Waals surface area contributed by atoms with Crippen molar-refractivity contribution in [1.82, 2.24) is 4.98 Å². The summed E-state index contributed by atoms with van der Waals surface area (Å²) in [5.74, 6) is 1.68. The van der Waals surface area contributed by atoms with Gasteiger partial charge in [0.1, 0.15) is 23.1 Å². The summed E-state index contributed by atoms with van der Waals surface area (Å²) in [6.07, 6.45) is 1.71. The van der Waals surface area contributed by atoms with Crippen LogP contribution in [0.15, 0.2) is 23.6 Å². The molecular formula is C16H22N2O2S. The van der Waals surface area contributed by atoms with Gasteiger partial charge in [-0.05, 0) is 43.5 Å². The molecule has 4 nitrogen and oxygen atoms in total. The van der Waals surface area contributed by atoms with E-state index in [4.69, 9.17) is 15.2 Å². The Morgan fingerprint density at radius 2 is 2.19 bits per heavy atom. The van der Waals surface area contributed by atoms with Gasteiger partial charge in [-0.1, -0.05) is 6.92 Å². The van der Waals surface area contributed by atoms with Gasteiger partial charge in [0, 0.05) is 17.1 Å². The SMILES string of the molecule is CCC(N)Cc1cc(OC)ccc1OCc1nc(C)cs1. The number of hydrogen-bond acceptors (Lipinski definition) is 5. The molecule has 0 fully saturated rings. The van der Waals surface area contributed by atoms with E-state index in [0.29, 0.717) is 6.61 Å². The van der Waals surface area contributed by atoms with E-state index in [1.54, 1.807) is 18.4 Å². The van der Waals surface area contributed by atoms with Crippen LogP contribution in [0, 0.1) is 6.92 Å². The van der Waals surface area contributed by atoms with Gasteiger partial charge < -0.3 is 15.2 Å². The minimum Gasteiger partial charge on any atom is -0.497 e. The number of benzene rings is 1. The first-order chi connectivity index (χ1) is 10.1. The number of hydrogen-bond donors (Lipinski definition) is 1. The van der Waals surface area contributed by atoms with Crippen molar-refractivity contribution in [3.63, 3.8) is 0 Å². The average Bonchev–Trinajstić information content (AvgIpc) is 2.91. The predicted octanol–water partition coefficient (Wildman–Crippen LogP) is 3.32. The molecule has 0 saturated carbocycles. The molecule has 0 saturated heterocycles. The monoisotopic (exact) mass is 306 g/mol. The van der Waals surface area contributed by atoms with Crippen LogP contribution in [0.4, 0.5) is 0 Å². The van der Waals surface area contributed by atoms with E-state index < -0.39 is 0 Å². The minimum absolute atomic E-state index is 0.126. The van der Waals surface area contributed by atoms with E-state index in [9.17, 15) is 0 Å². The normalized spacial score (nSPS) is 12.2. The molecule has 0 aliphatic carbocycles. The zero-order valence-corrected chi connectivity index (χ0v) is 13.6. The first-order valence-corrected chi connectivity index (χ1v) is 7.96. The van der Waals surface area contributed by atoms with Crippen LogP contribution in [0.1, 0.15) is 29.6 Å². The molecular weight excluding hydrogens is 284 g/mol. The third-order valence-corrected chi connectivity index (χ3v) is 4.23. The summed E-state index contributed by atoms with van der Waals surface area (Å²) in [6.45, 7) is 4.56. The van der Waals surface area contributed by atoms with Gasteiger partial charge in [-0.2, -0.15) is 0 Å². The fraction of sp³-hybridized carbons (Fsp3) is 0.438. The fourth-order valence-corrected chi connectivity index (χ4v) is 2.70. The Bertz CT molecular complexity index is 583. The molecule has 114 valence electrons. The average molecular weight is 306 g/mol. The number of nitrogens with two attached hydrogens (primary N) is 1. The molecule has 0 amide bonds. The first-order valence-electron chi connectivity index (χ1n) is 7.08. The van der Waals surface area contributed by atoms with Gasteiger partial charge in [-0.25, -0.2) is 4.98 Å². The molecule has 0 bridgehead atoms. The zero-order valence-electron chi connectivity index (χ0n) is 12.8. The highest BCUT2D eigenvalue weighted by Crippen LogP contribution is 2.26. The number of thiazole rings is 1. The molecule has 0 aliphatic rings. The number of aryl methyl sites for hydroxylation is 1. The first kappa shape index (κ1) is 15.8. The molecule has 2 aromatic rings. The van der Waals surface area contributed by atoms with Crippen molar-refractivity contribution in [3.05, 3.63) is 39.8 Å². The van der Waals surface area contributed by atoms with E-state index in [2.05, 4.69) is 11.9 Å². The number of methoxy groups -OCH3 is 1. The largest absolute Gasteiger partial charge is 0.497 e. The van der Waals surface area contributed by atoms with E-state index >= 15 is 0 Å². The summed E-state index contributed by atoms with van der Waals surface area (Å²) in [4.78, 5) is 4.41. The Labute approximate surface area is 129 Å². The summed E-state index contributed by atoms with van der Waals surface area (Å²) in [7, 11) is 1.66. The van der Waals surface area contributed by atoms with Gasteiger partial charge in [0.2, 0.25) is 0 Å². The molecule has 1 heterocycles.